The zero-order chi connectivity index (χ0) is 14.8. The number of hydrogen-bond donors (Lipinski definition) is 1. The third-order valence-electron chi connectivity index (χ3n) is 3.25. The standard InChI is InChI=1S/C13H18BrNO4S/c1-10-2-4-11(5-3-10)20(17,18)15-8-12(14)13(9-15)19-7-6-16/h2-5,12-13,16H,6-9H2,1H3/t12-,13-/m0/s1. The molecule has 1 aliphatic rings. The second-order valence-electron chi connectivity index (χ2n) is 4.78. The molecule has 0 amide bonds. The van der Waals surface area contributed by atoms with Gasteiger partial charge in [-0.1, -0.05) is 33.6 Å². The average Bonchev–Trinajstić information content (AvgIpc) is 2.79. The van der Waals surface area contributed by atoms with Crippen molar-refractivity contribution in [3.63, 3.8) is 0 Å². The average molecular weight is 364 g/mol. The van der Waals surface area contributed by atoms with Gasteiger partial charge >= 0.3 is 0 Å². The fourth-order valence-electron chi connectivity index (χ4n) is 2.12. The Morgan fingerprint density at radius 3 is 2.60 bits per heavy atom. The first kappa shape index (κ1) is 15.9. The van der Waals surface area contributed by atoms with Crippen LogP contribution in [0.4, 0.5) is 0 Å². The van der Waals surface area contributed by atoms with Gasteiger partial charge in [0.2, 0.25) is 10.0 Å². The summed E-state index contributed by atoms with van der Waals surface area (Å²) in [7, 11) is -3.49. The van der Waals surface area contributed by atoms with Gasteiger partial charge in [-0.25, -0.2) is 8.42 Å². The van der Waals surface area contributed by atoms with Gasteiger partial charge in [-0.15, -0.1) is 0 Å². The number of hydrogen-bond acceptors (Lipinski definition) is 4. The van der Waals surface area contributed by atoms with Crippen LogP contribution in [0.1, 0.15) is 5.56 Å². The van der Waals surface area contributed by atoms with Gasteiger partial charge in [0.1, 0.15) is 0 Å². The van der Waals surface area contributed by atoms with Crippen molar-refractivity contribution in [1.82, 2.24) is 4.31 Å². The largest absolute Gasteiger partial charge is 0.394 e. The quantitative estimate of drug-likeness (QED) is 0.796. The molecule has 2 atom stereocenters. The fourth-order valence-corrected chi connectivity index (χ4v) is 4.46. The van der Waals surface area contributed by atoms with Crippen LogP contribution in [-0.2, 0) is 14.8 Å². The monoisotopic (exact) mass is 363 g/mol. The number of nitrogens with zero attached hydrogens (tertiary/aromatic N) is 1. The van der Waals surface area contributed by atoms with Gasteiger partial charge < -0.3 is 9.84 Å². The molecule has 0 radical (unpaired) electrons. The lowest BCUT2D eigenvalue weighted by atomic mass is 10.2. The Bertz CT molecular complexity index is 546. The molecule has 0 aromatic heterocycles. The van der Waals surface area contributed by atoms with E-state index in [0.717, 1.165) is 5.56 Å². The van der Waals surface area contributed by atoms with Gasteiger partial charge in [-0.2, -0.15) is 4.31 Å². The summed E-state index contributed by atoms with van der Waals surface area (Å²) in [4.78, 5) is 0.236. The molecule has 1 aromatic rings. The minimum absolute atomic E-state index is 0.0609. The molecule has 7 heteroatoms. The van der Waals surface area contributed by atoms with Gasteiger partial charge in [0.25, 0.3) is 0 Å². The molecule has 0 unspecified atom stereocenters. The molecule has 20 heavy (non-hydrogen) atoms. The van der Waals surface area contributed by atoms with Crippen LogP contribution in [0.2, 0.25) is 0 Å². The number of aryl methyl sites for hydroxylation is 1. The lowest BCUT2D eigenvalue weighted by Gasteiger charge is -2.16. The molecular weight excluding hydrogens is 346 g/mol. The van der Waals surface area contributed by atoms with Gasteiger partial charge in [0.15, 0.2) is 0 Å². The summed E-state index contributed by atoms with van der Waals surface area (Å²) in [6, 6.07) is 6.81. The van der Waals surface area contributed by atoms with E-state index in [9.17, 15) is 8.42 Å². The predicted octanol–water partition coefficient (Wildman–Crippen LogP) is 1.14. The van der Waals surface area contributed by atoms with Crippen molar-refractivity contribution in [2.45, 2.75) is 22.8 Å². The normalized spacial score (nSPS) is 24.1. The van der Waals surface area contributed by atoms with Crippen molar-refractivity contribution < 1.29 is 18.3 Å². The Labute approximate surface area is 127 Å². The third-order valence-corrected chi connectivity index (χ3v) is 5.97. The Morgan fingerprint density at radius 1 is 1.35 bits per heavy atom. The lowest BCUT2D eigenvalue weighted by molar-refractivity contribution is 0.0406. The van der Waals surface area contributed by atoms with Crippen molar-refractivity contribution in [3.05, 3.63) is 29.8 Å². The highest BCUT2D eigenvalue weighted by Gasteiger charge is 2.38. The molecule has 1 N–H and O–H groups in total. The maximum Gasteiger partial charge on any atom is 0.243 e. The molecule has 0 spiro atoms. The van der Waals surface area contributed by atoms with Gasteiger partial charge in [0, 0.05) is 13.1 Å². The summed E-state index contributed by atoms with van der Waals surface area (Å²) in [6.07, 6.45) is -0.234. The minimum atomic E-state index is -3.49. The van der Waals surface area contributed by atoms with Gasteiger partial charge in [0.05, 0.1) is 29.0 Å². The van der Waals surface area contributed by atoms with E-state index in [1.807, 2.05) is 6.92 Å². The molecule has 5 nitrogen and oxygen atoms in total. The molecular formula is C13H18BrNO4S. The SMILES string of the molecule is Cc1ccc(S(=O)(=O)N2C[C@H](OCCO)[C@@H](Br)C2)cc1. The number of halogens is 1. The van der Waals surface area contributed by atoms with E-state index in [-0.39, 0.29) is 24.1 Å². The highest BCUT2D eigenvalue weighted by molar-refractivity contribution is 9.09. The van der Waals surface area contributed by atoms with Crippen LogP contribution in [0.3, 0.4) is 0 Å². The van der Waals surface area contributed by atoms with E-state index >= 15 is 0 Å². The van der Waals surface area contributed by atoms with Crippen molar-refractivity contribution in [1.29, 1.82) is 0 Å². The Morgan fingerprint density at radius 2 is 2.00 bits per heavy atom. The molecule has 1 saturated heterocycles. The van der Waals surface area contributed by atoms with Crippen LogP contribution < -0.4 is 0 Å². The number of aliphatic hydroxyl groups is 1. The second kappa shape index (κ2) is 6.53. The molecule has 0 bridgehead atoms. The summed E-state index contributed by atoms with van der Waals surface area (Å²) in [5, 5.41) is 8.77. The molecule has 0 aliphatic carbocycles. The zero-order valence-electron chi connectivity index (χ0n) is 11.2. The van der Waals surface area contributed by atoms with Crippen molar-refractivity contribution >= 4 is 26.0 Å². The predicted molar refractivity (Wildman–Crippen MR) is 79.5 cm³/mol. The van der Waals surface area contributed by atoms with Crippen LogP contribution in [0, 0.1) is 6.92 Å². The summed E-state index contributed by atoms with van der Waals surface area (Å²) in [5.74, 6) is 0. The zero-order valence-corrected chi connectivity index (χ0v) is 13.6. The fraction of sp³-hybridized carbons (Fsp3) is 0.538. The number of sulfonamides is 1. The minimum Gasteiger partial charge on any atom is -0.394 e. The van der Waals surface area contributed by atoms with Crippen LogP contribution in [0.25, 0.3) is 0 Å². The third kappa shape index (κ3) is 3.40. The van der Waals surface area contributed by atoms with Crippen molar-refractivity contribution in [2.75, 3.05) is 26.3 Å². The molecule has 1 fully saturated rings. The highest BCUT2D eigenvalue weighted by atomic mass is 79.9. The lowest BCUT2D eigenvalue weighted by Crippen LogP contribution is -2.30. The second-order valence-corrected chi connectivity index (χ2v) is 7.90. The van der Waals surface area contributed by atoms with E-state index in [0.29, 0.717) is 18.0 Å². The van der Waals surface area contributed by atoms with E-state index < -0.39 is 10.0 Å². The Kier molecular flexibility index (Phi) is 5.19. The van der Waals surface area contributed by atoms with Crippen LogP contribution >= 0.6 is 15.9 Å². The maximum atomic E-state index is 12.5. The maximum absolute atomic E-state index is 12.5. The Hall–Kier alpha value is -0.470. The topological polar surface area (TPSA) is 66.8 Å². The molecule has 1 heterocycles. The molecule has 1 aromatic carbocycles. The molecule has 112 valence electrons. The number of alkyl halides is 1. The molecule has 1 aliphatic heterocycles. The first-order chi connectivity index (χ1) is 9.45. The summed E-state index contributed by atoms with van der Waals surface area (Å²) >= 11 is 3.44. The number of ether oxygens (including phenoxy) is 1. The Balaban J connectivity index is 2.13. The number of benzene rings is 1. The van der Waals surface area contributed by atoms with Gasteiger partial charge in [-0.3, -0.25) is 0 Å². The van der Waals surface area contributed by atoms with Crippen molar-refractivity contribution in [3.8, 4) is 0 Å². The number of rotatable bonds is 5. The van der Waals surface area contributed by atoms with E-state index in [4.69, 9.17) is 9.84 Å². The first-order valence-electron chi connectivity index (χ1n) is 6.38. The van der Waals surface area contributed by atoms with Crippen LogP contribution in [0.5, 0.6) is 0 Å². The summed E-state index contributed by atoms with van der Waals surface area (Å²) in [6.45, 7) is 2.73. The molecule has 0 saturated carbocycles. The van der Waals surface area contributed by atoms with Crippen molar-refractivity contribution in [2.24, 2.45) is 0 Å². The first-order valence-corrected chi connectivity index (χ1v) is 8.74. The van der Waals surface area contributed by atoms with E-state index in [1.165, 1.54) is 4.31 Å². The number of aliphatic hydroxyl groups excluding tert-OH is 1. The summed E-state index contributed by atoms with van der Waals surface area (Å²) in [5.41, 5.74) is 1.02. The highest BCUT2D eigenvalue weighted by Crippen LogP contribution is 2.26. The van der Waals surface area contributed by atoms with E-state index in [2.05, 4.69) is 15.9 Å². The van der Waals surface area contributed by atoms with Gasteiger partial charge in [-0.05, 0) is 19.1 Å². The van der Waals surface area contributed by atoms with Crippen LogP contribution in [0.15, 0.2) is 29.2 Å². The van der Waals surface area contributed by atoms with Crippen LogP contribution in [-0.4, -0.2) is 55.1 Å². The summed E-state index contributed by atoms with van der Waals surface area (Å²) < 4.78 is 31.9. The molecule has 2 rings (SSSR count). The smallest absolute Gasteiger partial charge is 0.243 e. The van der Waals surface area contributed by atoms with E-state index in [1.54, 1.807) is 24.3 Å².